The molecule has 1 N–H and O–H groups in total. The normalized spacial score (nSPS) is 10.6. The second-order valence-corrected chi connectivity index (χ2v) is 4.38. The van der Waals surface area contributed by atoms with Crippen LogP contribution in [0.1, 0.15) is 5.56 Å². The summed E-state index contributed by atoms with van der Waals surface area (Å²) in [6, 6.07) is 11.0. The van der Waals surface area contributed by atoms with Gasteiger partial charge in [0.2, 0.25) is 12.3 Å². The predicted molar refractivity (Wildman–Crippen MR) is 73.4 cm³/mol. The molecule has 3 aromatic rings. The number of nitrogens with one attached hydrogen (secondary N) is 1. The first-order chi connectivity index (χ1) is 10.2. The van der Waals surface area contributed by atoms with Gasteiger partial charge in [0.05, 0.1) is 0 Å². The highest BCUT2D eigenvalue weighted by atomic mass is 19.1. The van der Waals surface area contributed by atoms with Gasteiger partial charge in [-0.05, 0) is 30.3 Å². The third kappa shape index (κ3) is 2.89. The highest BCUT2D eigenvalue weighted by molar-refractivity contribution is 5.60. The molecule has 0 aliphatic heterocycles. The van der Waals surface area contributed by atoms with Gasteiger partial charge >= 0.3 is 0 Å². The summed E-state index contributed by atoms with van der Waals surface area (Å²) in [5.74, 6) is -0.762. The molecule has 0 spiro atoms. The molecule has 4 nitrogen and oxygen atoms in total. The van der Waals surface area contributed by atoms with Crippen LogP contribution < -0.4 is 5.32 Å². The van der Waals surface area contributed by atoms with Crippen molar-refractivity contribution in [2.75, 3.05) is 5.32 Å². The van der Waals surface area contributed by atoms with E-state index in [1.54, 1.807) is 18.2 Å². The molecule has 3 rings (SSSR count). The SMILES string of the molecule is Fc1cccc(F)c1CNc1cccc(-c2nnco2)c1. The van der Waals surface area contributed by atoms with Crippen LogP contribution in [-0.4, -0.2) is 10.2 Å². The zero-order valence-corrected chi connectivity index (χ0v) is 10.9. The van der Waals surface area contributed by atoms with Gasteiger partial charge in [-0.1, -0.05) is 12.1 Å². The highest BCUT2D eigenvalue weighted by Crippen LogP contribution is 2.21. The maximum atomic E-state index is 13.5. The summed E-state index contributed by atoms with van der Waals surface area (Å²) < 4.78 is 32.2. The fourth-order valence-electron chi connectivity index (χ4n) is 1.95. The average molecular weight is 287 g/mol. The standard InChI is InChI=1S/C15H11F2N3O/c16-13-5-2-6-14(17)12(13)8-18-11-4-1-3-10(7-11)15-20-19-9-21-15/h1-7,9,18H,8H2. The van der Waals surface area contributed by atoms with Gasteiger partial charge in [-0.2, -0.15) is 0 Å². The molecule has 2 aromatic carbocycles. The molecule has 0 saturated carbocycles. The lowest BCUT2D eigenvalue weighted by Gasteiger charge is -2.09. The molecule has 1 aromatic heterocycles. The molecule has 0 aliphatic carbocycles. The minimum Gasteiger partial charge on any atom is -0.423 e. The Kier molecular flexibility index (Phi) is 3.59. The quantitative estimate of drug-likeness (QED) is 0.796. The van der Waals surface area contributed by atoms with E-state index in [0.717, 1.165) is 5.56 Å². The molecule has 1 heterocycles. The predicted octanol–water partition coefficient (Wildman–Crippen LogP) is 3.63. The Labute approximate surface area is 119 Å². The summed E-state index contributed by atoms with van der Waals surface area (Å²) in [7, 11) is 0. The minimum atomic E-state index is -0.574. The third-order valence-corrected chi connectivity index (χ3v) is 3.00. The number of aromatic nitrogens is 2. The van der Waals surface area contributed by atoms with Crippen LogP contribution in [0.2, 0.25) is 0 Å². The van der Waals surface area contributed by atoms with Gasteiger partial charge in [0, 0.05) is 23.4 Å². The number of benzene rings is 2. The first kappa shape index (κ1) is 13.2. The third-order valence-electron chi connectivity index (χ3n) is 3.00. The zero-order valence-electron chi connectivity index (χ0n) is 10.9. The van der Waals surface area contributed by atoms with Crippen LogP contribution in [0, 0.1) is 11.6 Å². The molecule has 0 atom stereocenters. The molecular formula is C15H11F2N3O. The van der Waals surface area contributed by atoms with Gasteiger partial charge in [-0.25, -0.2) is 8.78 Å². The van der Waals surface area contributed by atoms with Crippen molar-refractivity contribution < 1.29 is 13.2 Å². The maximum absolute atomic E-state index is 13.5. The fourth-order valence-corrected chi connectivity index (χ4v) is 1.95. The molecule has 6 heteroatoms. The Bertz CT molecular complexity index is 724. The van der Waals surface area contributed by atoms with Crippen LogP contribution in [0.25, 0.3) is 11.5 Å². The largest absolute Gasteiger partial charge is 0.423 e. The lowest BCUT2D eigenvalue weighted by atomic mass is 10.1. The van der Waals surface area contributed by atoms with Crippen molar-refractivity contribution in [1.82, 2.24) is 10.2 Å². The molecule has 0 bridgehead atoms. The van der Waals surface area contributed by atoms with E-state index in [4.69, 9.17) is 4.42 Å². The van der Waals surface area contributed by atoms with Gasteiger partial charge in [-0.15, -0.1) is 10.2 Å². The van der Waals surface area contributed by atoms with E-state index in [1.807, 2.05) is 6.07 Å². The number of nitrogens with zero attached hydrogens (tertiary/aromatic N) is 2. The van der Waals surface area contributed by atoms with Crippen molar-refractivity contribution in [3.8, 4) is 11.5 Å². The van der Waals surface area contributed by atoms with E-state index in [0.29, 0.717) is 11.6 Å². The van der Waals surface area contributed by atoms with Crippen molar-refractivity contribution in [2.45, 2.75) is 6.54 Å². The highest BCUT2D eigenvalue weighted by Gasteiger charge is 2.09. The first-order valence-corrected chi connectivity index (χ1v) is 6.27. The van der Waals surface area contributed by atoms with E-state index >= 15 is 0 Å². The van der Waals surface area contributed by atoms with Gasteiger partial charge in [-0.3, -0.25) is 0 Å². The van der Waals surface area contributed by atoms with E-state index in [1.165, 1.54) is 24.6 Å². The summed E-state index contributed by atoms with van der Waals surface area (Å²) >= 11 is 0. The van der Waals surface area contributed by atoms with E-state index in [2.05, 4.69) is 15.5 Å². The van der Waals surface area contributed by atoms with Gasteiger partial charge in [0.25, 0.3) is 0 Å². The molecule has 0 fully saturated rings. The van der Waals surface area contributed by atoms with Crippen LogP contribution >= 0.6 is 0 Å². The maximum Gasteiger partial charge on any atom is 0.247 e. The van der Waals surface area contributed by atoms with Crippen molar-refractivity contribution in [3.63, 3.8) is 0 Å². The smallest absolute Gasteiger partial charge is 0.247 e. The molecule has 0 radical (unpaired) electrons. The lowest BCUT2D eigenvalue weighted by Crippen LogP contribution is -2.04. The fraction of sp³-hybridized carbons (Fsp3) is 0.0667. The number of halogens is 2. The van der Waals surface area contributed by atoms with Crippen molar-refractivity contribution in [3.05, 3.63) is 66.1 Å². The molecule has 0 amide bonds. The number of rotatable bonds is 4. The van der Waals surface area contributed by atoms with Crippen molar-refractivity contribution in [1.29, 1.82) is 0 Å². The topological polar surface area (TPSA) is 51.0 Å². The Morgan fingerprint density at radius 3 is 2.52 bits per heavy atom. The van der Waals surface area contributed by atoms with E-state index < -0.39 is 11.6 Å². The summed E-state index contributed by atoms with van der Waals surface area (Å²) in [5.41, 5.74) is 1.43. The van der Waals surface area contributed by atoms with Gasteiger partial charge < -0.3 is 9.73 Å². The Morgan fingerprint density at radius 1 is 1.05 bits per heavy atom. The van der Waals surface area contributed by atoms with Crippen LogP contribution in [-0.2, 0) is 6.54 Å². The summed E-state index contributed by atoms with van der Waals surface area (Å²) in [6.45, 7) is 0.0474. The van der Waals surface area contributed by atoms with Crippen LogP contribution in [0.4, 0.5) is 14.5 Å². The zero-order chi connectivity index (χ0) is 14.7. The molecule has 21 heavy (non-hydrogen) atoms. The van der Waals surface area contributed by atoms with E-state index in [9.17, 15) is 8.78 Å². The first-order valence-electron chi connectivity index (χ1n) is 6.27. The average Bonchev–Trinajstić information content (AvgIpc) is 3.01. The second-order valence-electron chi connectivity index (χ2n) is 4.38. The molecule has 0 aliphatic rings. The summed E-state index contributed by atoms with van der Waals surface area (Å²) in [6.07, 6.45) is 1.24. The minimum absolute atomic E-state index is 0.000642. The van der Waals surface area contributed by atoms with Crippen LogP contribution in [0.5, 0.6) is 0 Å². The Morgan fingerprint density at radius 2 is 1.81 bits per heavy atom. The van der Waals surface area contributed by atoms with Crippen LogP contribution in [0.3, 0.4) is 0 Å². The number of hydrogen-bond donors (Lipinski definition) is 1. The van der Waals surface area contributed by atoms with Gasteiger partial charge in [0.15, 0.2) is 0 Å². The lowest BCUT2D eigenvalue weighted by molar-refractivity contribution is 0.560. The second kappa shape index (κ2) is 5.70. The van der Waals surface area contributed by atoms with Gasteiger partial charge in [0.1, 0.15) is 11.6 Å². The number of hydrogen-bond acceptors (Lipinski definition) is 4. The Hall–Kier alpha value is -2.76. The van der Waals surface area contributed by atoms with Crippen LogP contribution in [0.15, 0.2) is 53.3 Å². The summed E-state index contributed by atoms with van der Waals surface area (Å²) in [5, 5.41) is 10.4. The Balaban J connectivity index is 1.78. The summed E-state index contributed by atoms with van der Waals surface area (Å²) in [4.78, 5) is 0. The molecule has 106 valence electrons. The number of anilines is 1. The van der Waals surface area contributed by atoms with Crippen molar-refractivity contribution in [2.24, 2.45) is 0 Å². The molecule has 0 unspecified atom stereocenters. The monoisotopic (exact) mass is 287 g/mol. The van der Waals surface area contributed by atoms with E-state index in [-0.39, 0.29) is 12.1 Å². The molecular weight excluding hydrogens is 276 g/mol. The molecule has 0 saturated heterocycles. The van der Waals surface area contributed by atoms with Crippen molar-refractivity contribution >= 4 is 5.69 Å².